The first-order valence-electron chi connectivity index (χ1n) is 15.5. The first kappa shape index (κ1) is 29.4. The van der Waals surface area contributed by atoms with E-state index in [0.717, 1.165) is 35.6 Å². The van der Waals surface area contributed by atoms with E-state index < -0.39 is 17.5 Å². The van der Waals surface area contributed by atoms with Crippen LogP contribution in [0.1, 0.15) is 74.4 Å². The van der Waals surface area contributed by atoms with Gasteiger partial charge in [0.2, 0.25) is 0 Å². The number of carbonyl (C=O) groups excluding carboxylic acids is 2. The molecule has 6 rings (SSSR count). The number of aromatic amines is 1. The van der Waals surface area contributed by atoms with Gasteiger partial charge in [-0.15, -0.1) is 0 Å². The molecule has 2 aromatic heterocycles. The van der Waals surface area contributed by atoms with Gasteiger partial charge in [0, 0.05) is 72.2 Å². The highest BCUT2D eigenvalue weighted by Crippen LogP contribution is 2.37. The molecule has 2 fully saturated rings. The number of hydrogen-bond donors (Lipinski definition) is 1. The maximum atomic E-state index is 16.4. The van der Waals surface area contributed by atoms with Gasteiger partial charge in [-0.2, -0.15) is 0 Å². The fourth-order valence-corrected chi connectivity index (χ4v) is 6.27. The molecule has 8 nitrogen and oxygen atoms in total. The number of H-pyrrole nitrogens is 1. The lowest BCUT2D eigenvalue weighted by Gasteiger charge is -2.35. The van der Waals surface area contributed by atoms with Crippen LogP contribution >= 0.6 is 0 Å². The van der Waals surface area contributed by atoms with Crippen LogP contribution in [-0.2, 0) is 11.2 Å². The number of hydrogen-bond acceptors (Lipinski definition) is 5. The molecule has 228 valence electrons. The van der Waals surface area contributed by atoms with Gasteiger partial charge < -0.3 is 19.5 Å². The summed E-state index contributed by atoms with van der Waals surface area (Å²) in [6.07, 6.45) is 5.35. The van der Waals surface area contributed by atoms with E-state index in [1.807, 2.05) is 56.9 Å². The van der Waals surface area contributed by atoms with E-state index >= 15 is 4.39 Å². The van der Waals surface area contributed by atoms with Crippen molar-refractivity contribution in [3.63, 3.8) is 0 Å². The number of ether oxygens (including phenoxy) is 1. The molecule has 0 spiro atoms. The summed E-state index contributed by atoms with van der Waals surface area (Å²) in [7, 11) is 0. The lowest BCUT2D eigenvalue weighted by molar-refractivity contribution is 0.0272. The molecule has 4 heterocycles. The molecule has 0 bridgehead atoms. The number of nitrogens with one attached hydrogen (secondary N) is 1. The van der Waals surface area contributed by atoms with Crippen molar-refractivity contribution < 1.29 is 18.7 Å². The summed E-state index contributed by atoms with van der Waals surface area (Å²) < 4.78 is 22.0. The zero-order valence-corrected chi connectivity index (χ0v) is 25.9. The summed E-state index contributed by atoms with van der Waals surface area (Å²) in [6.45, 7) is 13.3. The third-order valence-electron chi connectivity index (χ3n) is 8.62. The highest BCUT2D eigenvalue weighted by atomic mass is 19.1. The summed E-state index contributed by atoms with van der Waals surface area (Å²) >= 11 is 0. The Morgan fingerprint density at radius 2 is 1.79 bits per heavy atom. The van der Waals surface area contributed by atoms with Crippen LogP contribution in [0.15, 0.2) is 30.3 Å². The third-order valence-corrected chi connectivity index (χ3v) is 8.62. The van der Waals surface area contributed by atoms with Crippen LogP contribution in [0.4, 0.5) is 9.18 Å². The summed E-state index contributed by atoms with van der Waals surface area (Å²) in [5, 5.41) is 0.366. The molecule has 1 aliphatic carbocycles. The van der Waals surface area contributed by atoms with Gasteiger partial charge in [-0.25, -0.2) is 9.18 Å². The van der Waals surface area contributed by atoms with Gasteiger partial charge in [-0.3, -0.25) is 14.7 Å². The number of aromatic nitrogens is 2. The standard InChI is InChI=1S/C34H42FN5O3/c1-6-28-25(12-9-21(2)36-28)26-18-23(32(41)39-16-14-38(15-17-39)24-10-11-24)19-27-29(35)30(37-31(26)27)22-8-7-13-40(20-22)33(42)43-34(3,4)5/h8-9,12,18-19,24,37H,6-7,10-11,13-17,20H2,1-5H3. The number of amides is 2. The largest absolute Gasteiger partial charge is 0.444 e. The summed E-state index contributed by atoms with van der Waals surface area (Å²) in [6, 6.07) is 8.22. The molecule has 3 aromatic rings. The van der Waals surface area contributed by atoms with E-state index in [0.29, 0.717) is 66.3 Å². The highest BCUT2D eigenvalue weighted by molar-refractivity contribution is 6.05. The Labute approximate surface area is 252 Å². The van der Waals surface area contributed by atoms with Gasteiger partial charge in [0.1, 0.15) is 5.60 Å². The lowest BCUT2D eigenvalue weighted by Crippen LogP contribution is -2.49. The third kappa shape index (κ3) is 6.05. The summed E-state index contributed by atoms with van der Waals surface area (Å²) in [4.78, 5) is 40.8. The van der Waals surface area contributed by atoms with Crippen LogP contribution in [0.5, 0.6) is 0 Å². The van der Waals surface area contributed by atoms with Gasteiger partial charge >= 0.3 is 6.09 Å². The molecule has 1 aromatic carbocycles. The zero-order valence-electron chi connectivity index (χ0n) is 25.9. The van der Waals surface area contributed by atoms with Gasteiger partial charge in [0.15, 0.2) is 5.82 Å². The van der Waals surface area contributed by atoms with Gasteiger partial charge in [-0.1, -0.05) is 19.1 Å². The van der Waals surface area contributed by atoms with Gasteiger partial charge in [-0.05, 0) is 77.2 Å². The number of nitrogens with zero attached hydrogens (tertiary/aromatic N) is 4. The van der Waals surface area contributed by atoms with Crippen LogP contribution in [0.25, 0.3) is 27.6 Å². The van der Waals surface area contributed by atoms with E-state index in [4.69, 9.17) is 9.72 Å². The molecule has 0 unspecified atom stereocenters. The molecule has 9 heteroatoms. The normalized spacial score (nSPS) is 18.2. The predicted molar refractivity (Wildman–Crippen MR) is 167 cm³/mol. The van der Waals surface area contributed by atoms with Crippen molar-refractivity contribution >= 4 is 28.5 Å². The molecule has 2 amide bonds. The number of benzene rings is 1. The Kier molecular flexibility index (Phi) is 7.79. The van der Waals surface area contributed by atoms with Crippen LogP contribution < -0.4 is 0 Å². The second kappa shape index (κ2) is 11.4. The molecule has 1 saturated heterocycles. The van der Waals surface area contributed by atoms with E-state index in [2.05, 4.69) is 16.8 Å². The number of carbonyl (C=O) groups is 2. The predicted octanol–water partition coefficient (Wildman–Crippen LogP) is 6.18. The Morgan fingerprint density at radius 1 is 1.05 bits per heavy atom. The Bertz CT molecular complexity index is 1590. The van der Waals surface area contributed by atoms with Crippen LogP contribution in [-0.4, -0.2) is 87.6 Å². The van der Waals surface area contributed by atoms with Crippen molar-refractivity contribution in [2.75, 3.05) is 39.3 Å². The summed E-state index contributed by atoms with van der Waals surface area (Å²) in [5.74, 6) is -0.494. The first-order chi connectivity index (χ1) is 20.5. The molecule has 1 saturated carbocycles. The Hall–Kier alpha value is -3.72. The maximum absolute atomic E-state index is 16.4. The topological polar surface area (TPSA) is 81.8 Å². The highest BCUT2D eigenvalue weighted by Gasteiger charge is 2.33. The smallest absolute Gasteiger partial charge is 0.410 e. The van der Waals surface area contributed by atoms with E-state index in [-0.39, 0.29) is 12.5 Å². The molecule has 1 N–H and O–H groups in total. The minimum absolute atomic E-state index is 0.0770. The lowest BCUT2D eigenvalue weighted by atomic mass is 9.96. The van der Waals surface area contributed by atoms with E-state index in [9.17, 15) is 9.59 Å². The average molecular weight is 588 g/mol. The molecule has 0 atom stereocenters. The molecule has 2 aliphatic heterocycles. The fourth-order valence-electron chi connectivity index (χ4n) is 6.27. The number of piperazine rings is 1. The number of pyridine rings is 1. The van der Waals surface area contributed by atoms with Crippen molar-refractivity contribution in [1.29, 1.82) is 0 Å². The Balaban J connectivity index is 1.40. The molecular formula is C34H42FN5O3. The Morgan fingerprint density at radius 3 is 2.47 bits per heavy atom. The minimum atomic E-state index is -0.619. The second-order valence-electron chi connectivity index (χ2n) is 13.0. The minimum Gasteiger partial charge on any atom is -0.444 e. The van der Waals surface area contributed by atoms with Crippen molar-refractivity contribution in [2.24, 2.45) is 0 Å². The van der Waals surface area contributed by atoms with Crippen molar-refractivity contribution in [2.45, 2.75) is 71.9 Å². The first-order valence-corrected chi connectivity index (χ1v) is 15.5. The second-order valence-corrected chi connectivity index (χ2v) is 13.0. The zero-order chi connectivity index (χ0) is 30.5. The monoisotopic (exact) mass is 587 g/mol. The van der Waals surface area contributed by atoms with Crippen LogP contribution in [0, 0.1) is 12.7 Å². The summed E-state index contributed by atoms with van der Waals surface area (Å²) in [5.41, 5.74) is 4.95. The van der Waals surface area contributed by atoms with E-state index in [1.54, 1.807) is 11.0 Å². The maximum Gasteiger partial charge on any atom is 0.410 e. The van der Waals surface area contributed by atoms with Crippen molar-refractivity contribution in [1.82, 2.24) is 24.7 Å². The van der Waals surface area contributed by atoms with Gasteiger partial charge in [0.05, 0.1) is 17.8 Å². The quantitative estimate of drug-likeness (QED) is 0.385. The molecule has 0 radical (unpaired) electrons. The number of rotatable bonds is 5. The van der Waals surface area contributed by atoms with Crippen LogP contribution in [0.3, 0.4) is 0 Å². The molecule has 3 aliphatic rings. The van der Waals surface area contributed by atoms with Crippen molar-refractivity contribution in [3.05, 3.63) is 58.8 Å². The molecule has 43 heavy (non-hydrogen) atoms. The SMILES string of the molecule is CCc1nc(C)ccc1-c1cc(C(=O)N2CCN(C3CC3)CC2)cc2c(F)c(C3=CCCN(C(=O)OC(C)(C)C)C3)[nH]c12. The fraction of sp³-hybridized carbons (Fsp3) is 0.500. The molecular weight excluding hydrogens is 545 g/mol. The average Bonchev–Trinajstić information content (AvgIpc) is 3.79. The number of halogens is 1. The number of fused-ring (bicyclic) bond motifs is 1. The van der Waals surface area contributed by atoms with E-state index in [1.165, 1.54) is 12.8 Å². The number of aryl methyl sites for hydroxylation is 2. The van der Waals surface area contributed by atoms with Crippen LogP contribution in [0.2, 0.25) is 0 Å². The van der Waals surface area contributed by atoms with Crippen molar-refractivity contribution in [3.8, 4) is 11.1 Å². The van der Waals surface area contributed by atoms with Gasteiger partial charge in [0.25, 0.3) is 5.91 Å².